The van der Waals surface area contributed by atoms with Crippen molar-refractivity contribution in [2.24, 2.45) is 5.41 Å². The molecule has 35 heavy (non-hydrogen) atoms. The molecule has 10 saturated heterocycles. The molecule has 2 aromatic heterocycles. The molecule has 186 valence electrons. The second-order valence-corrected chi connectivity index (χ2v) is 47.4. The Labute approximate surface area is 203 Å². The Bertz CT molecular complexity index is 1840. The van der Waals surface area contributed by atoms with Crippen LogP contribution in [0.2, 0.25) is 65.4 Å². The predicted molar refractivity (Wildman–Crippen MR) is 145 cm³/mol. The van der Waals surface area contributed by atoms with E-state index in [0.29, 0.717) is 18.4 Å². The number of hydrogen-bond donors (Lipinski definition) is 0. The Morgan fingerprint density at radius 3 is 1.57 bits per heavy atom. The van der Waals surface area contributed by atoms with Crippen molar-refractivity contribution in [3.63, 3.8) is 0 Å². The maximum absolute atomic E-state index is 5.10. The Morgan fingerprint density at radius 2 is 1.26 bits per heavy atom. The van der Waals surface area contributed by atoms with Crippen LogP contribution in [0.5, 0.6) is 0 Å². The average Bonchev–Trinajstić information content (AvgIpc) is 3.77. The monoisotopic (exact) mass is 562 g/mol. The first-order valence-corrected chi connectivity index (χ1v) is 24.4. The van der Waals surface area contributed by atoms with Crippen molar-refractivity contribution < 1.29 is 6.51 Å². The van der Waals surface area contributed by atoms with Gasteiger partial charge in [-0.15, -0.1) is 0 Å². The van der Waals surface area contributed by atoms with Gasteiger partial charge >= 0.3 is 204 Å². The van der Waals surface area contributed by atoms with Gasteiger partial charge in [0.15, 0.2) is 0 Å². The zero-order chi connectivity index (χ0) is 24.2. The Balaban J connectivity index is 1.37. The SMILES string of the molecule is CC(C)(C)[C]12[C]3(C(P)(c4ncccn4)c4ncccn4)[C]4(CP)[CH]5[C]1([Si](C)(C)C)[Fe]54321678[CH]2[CH]1[CH]6[CH]7[CH]28. The summed E-state index contributed by atoms with van der Waals surface area (Å²) in [5, 5.41) is -0.369. The number of hydrogen-bond acceptors (Lipinski definition) is 4. The summed E-state index contributed by atoms with van der Waals surface area (Å²) in [4.78, 5) is 27.2. The molecule has 0 aliphatic carbocycles. The van der Waals surface area contributed by atoms with Crippen molar-refractivity contribution >= 4 is 26.6 Å². The number of nitrogens with zero attached hydrogens (tertiary/aromatic N) is 4. The summed E-state index contributed by atoms with van der Waals surface area (Å²) in [6, 6.07) is 3.96. The molecule has 1 spiro atoms. The van der Waals surface area contributed by atoms with Crippen LogP contribution in [-0.4, -0.2) is 34.2 Å². The minimum atomic E-state index is -4.34. The van der Waals surface area contributed by atoms with E-state index in [1.165, 1.54) is 6.16 Å². The van der Waals surface area contributed by atoms with Crippen molar-refractivity contribution in [2.45, 2.75) is 91.3 Å². The first kappa shape index (κ1) is 18.9. The second-order valence-electron chi connectivity index (χ2n) is 17.7. The normalized spacial score (nSPS) is 71.8. The second kappa shape index (κ2) is 2.44. The van der Waals surface area contributed by atoms with Gasteiger partial charge in [-0.2, -0.15) is 0 Å². The van der Waals surface area contributed by atoms with Crippen LogP contribution in [0.15, 0.2) is 36.9 Å². The van der Waals surface area contributed by atoms with Gasteiger partial charge in [0.25, 0.3) is 0 Å². The van der Waals surface area contributed by atoms with Crippen molar-refractivity contribution in [3.8, 4) is 0 Å². The first-order valence-electron chi connectivity index (χ1n) is 13.5. The summed E-state index contributed by atoms with van der Waals surface area (Å²) in [6.45, 7) is 12.1. The van der Waals surface area contributed by atoms with E-state index in [1.54, 1.807) is 0 Å². The molecule has 7 atom stereocenters. The van der Waals surface area contributed by atoms with E-state index in [-0.39, 0.29) is 5.16 Å². The molecular formula is C27H36FeN4P2Si. The molecule has 4 nitrogen and oxygen atoms in total. The molecule has 0 amide bonds. The van der Waals surface area contributed by atoms with E-state index >= 15 is 0 Å². The fourth-order valence-corrected chi connectivity index (χ4v) is 143. The third-order valence-corrected chi connectivity index (χ3v) is 76.6. The van der Waals surface area contributed by atoms with Crippen LogP contribution in [0.1, 0.15) is 32.4 Å². The third-order valence-electron chi connectivity index (χ3n) is 20.3. The average molecular weight is 562 g/mol. The van der Waals surface area contributed by atoms with Gasteiger partial charge in [0.1, 0.15) is 0 Å². The summed E-state index contributed by atoms with van der Waals surface area (Å²) in [5.74, 6) is 1.99. The molecule has 0 aromatic carbocycles. The Morgan fingerprint density at radius 1 is 0.829 bits per heavy atom. The van der Waals surface area contributed by atoms with E-state index in [2.05, 4.69) is 58.9 Å². The van der Waals surface area contributed by atoms with Crippen molar-refractivity contribution in [3.05, 3.63) is 48.6 Å². The van der Waals surface area contributed by atoms with Crippen LogP contribution in [-0.2, 0) is 11.7 Å². The summed E-state index contributed by atoms with van der Waals surface area (Å²) >= 11 is 0. The van der Waals surface area contributed by atoms with E-state index in [9.17, 15) is 0 Å². The molecule has 8 heteroatoms. The quantitative estimate of drug-likeness (QED) is 0.290. The summed E-state index contributed by atoms with van der Waals surface area (Å²) in [7, 11) is 5.40. The molecule has 2 aromatic rings. The Hall–Kier alpha value is -0.244. The van der Waals surface area contributed by atoms with Gasteiger partial charge in [0, 0.05) is 0 Å². The third kappa shape index (κ3) is 0.348. The van der Waals surface area contributed by atoms with Gasteiger partial charge in [-0.25, -0.2) is 0 Å². The fraction of sp³-hybridized carbons (Fsp3) is 0.704. The van der Waals surface area contributed by atoms with Crippen molar-refractivity contribution in [1.82, 2.24) is 19.9 Å². The van der Waals surface area contributed by atoms with Crippen LogP contribution >= 0.6 is 18.5 Å². The van der Waals surface area contributed by atoms with E-state index in [4.69, 9.17) is 19.9 Å². The zero-order valence-electron chi connectivity index (χ0n) is 21.4. The molecule has 0 bridgehead atoms. The topological polar surface area (TPSA) is 51.6 Å². The molecule has 10 aliphatic heterocycles. The molecule has 10 fully saturated rings. The molecule has 12 heterocycles. The molecule has 10 aliphatic rings. The van der Waals surface area contributed by atoms with Gasteiger partial charge in [-0.1, -0.05) is 0 Å². The van der Waals surface area contributed by atoms with E-state index < -0.39 is 14.6 Å². The summed E-state index contributed by atoms with van der Waals surface area (Å²) in [5.41, 5.74) is 0.311. The van der Waals surface area contributed by atoms with Crippen LogP contribution in [0.4, 0.5) is 0 Å². The van der Waals surface area contributed by atoms with Crippen molar-refractivity contribution in [1.29, 1.82) is 0 Å². The fourth-order valence-electron chi connectivity index (χ4n) is 25.4. The Kier molecular flexibility index (Phi) is 1.32. The van der Waals surface area contributed by atoms with Gasteiger partial charge in [-0.05, 0) is 0 Å². The minimum absolute atomic E-state index is 0.311. The maximum atomic E-state index is 5.10. The van der Waals surface area contributed by atoms with E-state index in [1.807, 2.05) is 36.9 Å². The number of aromatic nitrogens is 4. The number of fused-ring (bicyclic) bond motifs is 10. The standard InChI is InChI=1S/C22H31N4P2Si.C5H5.Fe/c1-21(2,3)18-16(29(4,5)6)13-15(14-27)17(18)22(28,19-23-9-7-10-24-19)20-25-11-8-12-26-20;1-2-4-5-3-1;/h7-13H,14,27-28H2,1-6H3;1-5H;. The van der Waals surface area contributed by atoms with Crippen LogP contribution < -0.4 is 0 Å². The first-order chi connectivity index (χ1) is 16.2. The molecule has 0 N–H and O–H groups in total. The molecule has 0 saturated carbocycles. The van der Waals surface area contributed by atoms with Crippen LogP contribution in [0.25, 0.3) is 0 Å². The predicted octanol–water partition coefficient (Wildman–Crippen LogP) is 7.05. The van der Waals surface area contributed by atoms with E-state index in [0.717, 1.165) is 44.5 Å². The van der Waals surface area contributed by atoms with Gasteiger partial charge in [-0.3, -0.25) is 0 Å². The molecule has 0 radical (unpaired) electrons. The molecular weight excluding hydrogens is 526 g/mol. The van der Waals surface area contributed by atoms with Crippen molar-refractivity contribution in [2.75, 3.05) is 6.16 Å². The van der Waals surface area contributed by atoms with Gasteiger partial charge in [0.2, 0.25) is 0 Å². The van der Waals surface area contributed by atoms with Crippen LogP contribution in [0, 0.1) is 5.41 Å². The van der Waals surface area contributed by atoms with Crippen LogP contribution in [0.3, 0.4) is 0 Å². The molecule has 12 rings (SSSR count). The number of rotatable bonds is 5. The zero-order valence-corrected chi connectivity index (χ0v) is 25.8. The summed E-state index contributed by atoms with van der Waals surface area (Å²) < 4.78 is 2.19. The van der Waals surface area contributed by atoms with Gasteiger partial charge < -0.3 is 0 Å². The summed E-state index contributed by atoms with van der Waals surface area (Å²) in [6.07, 6.45) is 9.21. The van der Waals surface area contributed by atoms with Gasteiger partial charge in [0.05, 0.1) is 0 Å². The molecule has 7 unspecified atom stereocenters.